The quantitative estimate of drug-likeness (QED) is 0.631. The van der Waals surface area contributed by atoms with Gasteiger partial charge in [0, 0.05) is 23.5 Å². The van der Waals surface area contributed by atoms with Crippen LogP contribution >= 0.6 is 0 Å². The van der Waals surface area contributed by atoms with Gasteiger partial charge in [-0.2, -0.15) is 10.1 Å². The number of hydrogen-bond donors (Lipinski definition) is 1. The molecule has 6 heteroatoms. The van der Waals surface area contributed by atoms with Crippen LogP contribution in [0.2, 0.25) is 0 Å². The highest BCUT2D eigenvalue weighted by Gasteiger charge is 2.09. The second-order valence-corrected chi connectivity index (χ2v) is 5.56. The Hall–Kier alpha value is -3.15. The fraction of sp³-hybridized carbons (Fsp3) is 0.118. The van der Waals surface area contributed by atoms with E-state index in [0.717, 1.165) is 28.9 Å². The smallest absolute Gasteiger partial charge is 0.240 e. The maximum atomic E-state index is 5.66. The number of aryl methyl sites for hydroxylation is 1. The number of aromatic nitrogens is 5. The Kier molecular flexibility index (Phi) is 3.08. The molecule has 4 aromatic rings. The zero-order chi connectivity index (χ0) is 15.8. The Labute approximate surface area is 133 Å². The van der Waals surface area contributed by atoms with Crippen LogP contribution in [0.4, 0.5) is 5.95 Å². The van der Waals surface area contributed by atoms with Gasteiger partial charge in [0.1, 0.15) is 0 Å². The minimum Gasteiger partial charge on any atom is -0.366 e. The van der Waals surface area contributed by atoms with Crippen molar-refractivity contribution >= 4 is 11.6 Å². The first-order valence-corrected chi connectivity index (χ1v) is 7.38. The summed E-state index contributed by atoms with van der Waals surface area (Å²) < 4.78 is 3.64. The van der Waals surface area contributed by atoms with Gasteiger partial charge in [-0.3, -0.25) is 4.68 Å². The van der Waals surface area contributed by atoms with Gasteiger partial charge < -0.3 is 5.73 Å². The van der Waals surface area contributed by atoms with Crippen LogP contribution in [0, 0.1) is 6.92 Å². The molecule has 3 aromatic heterocycles. The molecule has 0 bridgehead atoms. The molecule has 23 heavy (non-hydrogen) atoms. The van der Waals surface area contributed by atoms with Crippen LogP contribution < -0.4 is 5.73 Å². The van der Waals surface area contributed by atoms with Crippen LogP contribution in [0.25, 0.3) is 16.8 Å². The van der Waals surface area contributed by atoms with Gasteiger partial charge >= 0.3 is 0 Å². The van der Waals surface area contributed by atoms with Crippen LogP contribution in [0.5, 0.6) is 0 Å². The van der Waals surface area contributed by atoms with E-state index >= 15 is 0 Å². The molecule has 0 aliphatic rings. The minimum atomic E-state index is 0.279. The Morgan fingerprint density at radius 1 is 1.13 bits per heavy atom. The van der Waals surface area contributed by atoms with E-state index in [0.29, 0.717) is 0 Å². The van der Waals surface area contributed by atoms with Gasteiger partial charge in [-0.1, -0.05) is 30.3 Å². The van der Waals surface area contributed by atoms with Gasteiger partial charge in [0.15, 0.2) is 5.65 Å². The average Bonchev–Trinajstić information content (AvgIpc) is 3.13. The predicted octanol–water partition coefficient (Wildman–Crippen LogP) is 2.53. The van der Waals surface area contributed by atoms with Crippen molar-refractivity contribution in [3.63, 3.8) is 0 Å². The summed E-state index contributed by atoms with van der Waals surface area (Å²) in [7, 11) is 0. The maximum absolute atomic E-state index is 5.66. The molecule has 2 N–H and O–H groups in total. The Morgan fingerprint density at radius 3 is 2.78 bits per heavy atom. The third-order valence-corrected chi connectivity index (χ3v) is 3.83. The third kappa shape index (κ3) is 2.55. The summed E-state index contributed by atoms with van der Waals surface area (Å²) >= 11 is 0. The molecular formula is C17H16N6. The van der Waals surface area contributed by atoms with E-state index in [4.69, 9.17) is 5.73 Å². The number of hydrogen-bond acceptors (Lipinski definition) is 4. The lowest BCUT2D eigenvalue weighted by Gasteiger charge is -2.04. The van der Waals surface area contributed by atoms with Gasteiger partial charge in [0.25, 0.3) is 0 Å². The lowest BCUT2D eigenvalue weighted by Crippen LogP contribution is -1.99. The van der Waals surface area contributed by atoms with E-state index in [1.54, 1.807) is 4.52 Å². The van der Waals surface area contributed by atoms with Crippen molar-refractivity contribution in [2.45, 2.75) is 13.5 Å². The van der Waals surface area contributed by atoms with E-state index in [2.05, 4.69) is 34.2 Å². The molecule has 0 fully saturated rings. The molecule has 0 unspecified atom stereocenters. The Balaban J connectivity index is 1.69. The number of nitrogens with zero attached hydrogens (tertiary/aromatic N) is 5. The number of pyridine rings is 1. The number of rotatable bonds is 3. The summed E-state index contributed by atoms with van der Waals surface area (Å²) in [5.41, 5.74) is 10.9. The molecular weight excluding hydrogens is 288 g/mol. The van der Waals surface area contributed by atoms with Crippen molar-refractivity contribution < 1.29 is 0 Å². The molecule has 0 amide bonds. The van der Waals surface area contributed by atoms with E-state index in [9.17, 15) is 0 Å². The minimum absolute atomic E-state index is 0.279. The molecule has 0 aliphatic carbocycles. The van der Waals surface area contributed by atoms with E-state index in [1.165, 1.54) is 5.56 Å². The molecule has 0 radical (unpaired) electrons. The Bertz CT molecular complexity index is 967. The lowest BCUT2D eigenvalue weighted by molar-refractivity contribution is 0.687. The van der Waals surface area contributed by atoms with Crippen LogP contribution in [0.15, 0.2) is 55.0 Å². The SMILES string of the molecule is Cc1cc2nc(N)nn2cc1-c1cnn(Cc2ccccc2)c1. The fourth-order valence-electron chi connectivity index (χ4n) is 2.70. The highest BCUT2D eigenvalue weighted by atomic mass is 15.3. The highest BCUT2D eigenvalue weighted by molar-refractivity contribution is 5.67. The molecule has 3 heterocycles. The number of anilines is 1. The molecule has 0 saturated heterocycles. The second kappa shape index (κ2) is 5.24. The van der Waals surface area contributed by atoms with Crippen LogP contribution in [0.3, 0.4) is 0 Å². The molecule has 4 rings (SSSR count). The molecule has 0 aliphatic heterocycles. The second-order valence-electron chi connectivity index (χ2n) is 5.56. The first-order valence-electron chi connectivity index (χ1n) is 7.38. The molecule has 1 aromatic carbocycles. The Morgan fingerprint density at radius 2 is 1.96 bits per heavy atom. The third-order valence-electron chi connectivity index (χ3n) is 3.83. The summed E-state index contributed by atoms with van der Waals surface area (Å²) in [6, 6.07) is 12.3. The van der Waals surface area contributed by atoms with E-state index in [-0.39, 0.29) is 5.95 Å². The molecule has 0 spiro atoms. The van der Waals surface area contributed by atoms with Gasteiger partial charge in [0.2, 0.25) is 5.95 Å². The summed E-state index contributed by atoms with van der Waals surface area (Å²) in [6.45, 7) is 2.80. The van der Waals surface area contributed by atoms with Gasteiger partial charge in [-0.25, -0.2) is 4.52 Å². The molecule has 6 nitrogen and oxygen atoms in total. The van der Waals surface area contributed by atoms with Crippen molar-refractivity contribution in [1.82, 2.24) is 24.4 Å². The van der Waals surface area contributed by atoms with Gasteiger partial charge in [-0.15, -0.1) is 5.10 Å². The number of benzene rings is 1. The number of fused-ring (bicyclic) bond motifs is 1. The normalized spacial score (nSPS) is 11.2. The number of nitrogen functional groups attached to an aromatic ring is 1. The summed E-state index contributed by atoms with van der Waals surface area (Å²) in [6.07, 6.45) is 5.86. The predicted molar refractivity (Wildman–Crippen MR) is 88.9 cm³/mol. The van der Waals surface area contributed by atoms with Crippen molar-refractivity contribution in [2.75, 3.05) is 5.73 Å². The number of nitrogens with two attached hydrogens (primary N) is 1. The van der Waals surface area contributed by atoms with E-state index in [1.807, 2.05) is 47.5 Å². The van der Waals surface area contributed by atoms with Crippen molar-refractivity contribution in [3.8, 4) is 11.1 Å². The zero-order valence-corrected chi connectivity index (χ0v) is 12.7. The highest BCUT2D eigenvalue weighted by Crippen LogP contribution is 2.24. The molecule has 0 atom stereocenters. The molecule has 114 valence electrons. The maximum Gasteiger partial charge on any atom is 0.240 e. The van der Waals surface area contributed by atoms with Crippen molar-refractivity contribution in [2.24, 2.45) is 0 Å². The first kappa shape index (κ1) is 13.5. The van der Waals surface area contributed by atoms with Crippen LogP contribution in [-0.2, 0) is 6.54 Å². The largest absolute Gasteiger partial charge is 0.366 e. The van der Waals surface area contributed by atoms with Gasteiger partial charge in [0.05, 0.1) is 12.7 Å². The summed E-state index contributed by atoms with van der Waals surface area (Å²) in [5.74, 6) is 0.279. The topological polar surface area (TPSA) is 74.0 Å². The van der Waals surface area contributed by atoms with Crippen LogP contribution in [-0.4, -0.2) is 24.4 Å². The standard InChI is InChI=1S/C17H16N6/c1-12-7-16-20-17(18)21-23(16)11-15(12)14-8-19-22(10-14)9-13-5-3-2-4-6-13/h2-8,10-11H,9H2,1H3,(H2,18,21). The van der Waals surface area contributed by atoms with Crippen molar-refractivity contribution in [1.29, 1.82) is 0 Å². The zero-order valence-electron chi connectivity index (χ0n) is 12.7. The van der Waals surface area contributed by atoms with Crippen molar-refractivity contribution in [3.05, 3.63) is 66.1 Å². The van der Waals surface area contributed by atoms with Crippen LogP contribution in [0.1, 0.15) is 11.1 Å². The fourth-order valence-corrected chi connectivity index (χ4v) is 2.70. The van der Waals surface area contributed by atoms with E-state index < -0.39 is 0 Å². The first-order chi connectivity index (χ1) is 11.2. The lowest BCUT2D eigenvalue weighted by atomic mass is 10.1. The summed E-state index contributed by atoms with van der Waals surface area (Å²) in [4.78, 5) is 4.18. The van der Waals surface area contributed by atoms with Gasteiger partial charge in [-0.05, 0) is 24.1 Å². The average molecular weight is 304 g/mol. The molecule has 0 saturated carbocycles. The monoisotopic (exact) mass is 304 g/mol. The summed E-state index contributed by atoms with van der Waals surface area (Å²) in [5, 5.41) is 8.63.